The van der Waals surface area contributed by atoms with E-state index in [1.807, 2.05) is 0 Å². The monoisotopic (exact) mass is 243 g/mol. The van der Waals surface area contributed by atoms with Crippen molar-refractivity contribution < 1.29 is 0 Å². The molecule has 1 nitrogen and oxygen atoms in total. The van der Waals surface area contributed by atoms with E-state index in [4.69, 9.17) is 5.73 Å². The fraction of sp³-hybridized carbons (Fsp3) is 0.333. The standard InChI is InChI=1S/C15H17NS/c1-11-9-12(10-17-11)14(16)15(7-8-15)13-5-3-2-4-6-13/h2-6,9-10,14H,7-8,16H2,1H3. The zero-order valence-electron chi connectivity index (χ0n) is 10.0. The second kappa shape index (κ2) is 3.97. The van der Waals surface area contributed by atoms with Gasteiger partial charge in [0.2, 0.25) is 0 Å². The molecule has 1 aromatic heterocycles. The van der Waals surface area contributed by atoms with E-state index < -0.39 is 0 Å². The number of nitrogens with two attached hydrogens (primary N) is 1. The van der Waals surface area contributed by atoms with Crippen LogP contribution in [0.25, 0.3) is 0 Å². The van der Waals surface area contributed by atoms with Crippen molar-refractivity contribution in [3.63, 3.8) is 0 Å². The number of benzene rings is 1. The molecule has 1 fully saturated rings. The molecule has 0 aliphatic heterocycles. The summed E-state index contributed by atoms with van der Waals surface area (Å²) in [5.41, 5.74) is 9.39. The molecule has 1 heterocycles. The lowest BCUT2D eigenvalue weighted by Crippen LogP contribution is -2.25. The molecule has 3 rings (SSSR count). The van der Waals surface area contributed by atoms with Gasteiger partial charge < -0.3 is 5.73 Å². The summed E-state index contributed by atoms with van der Waals surface area (Å²) in [7, 11) is 0. The number of thiophene rings is 1. The van der Waals surface area contributed by atoms with Crippen molar-refractivity contribution in [3.05, 3.63) is 57.8 Å². The van der Waals surface area contributed by atoms with Gasteiger partial charge in [-0.2, -0.15) is 0 Å². The smallest absolute Gasteiger partial charge is 0.0401 e. The first-order valence-electron chi connectivity index (χ1n) is 6.08. The van der Waals surface area contributed by atoms with Crippen molar-refractivity contribution in [2.24, 2.45) is 5.73 Å². The molecule has 1 atom stereocenters. The SMILES string of the molecule is Cc1cc(C(N)C2(c3ccccc3)CC2)cs1. The van der Waals surface area contributed by atoms with Crippen LogP contribution in [0.3, 0.4) is 0 Å². The molecule has 88 valence electrons. The van der Waals surface area contributed by atoms with Crippen LogP contribution in [0.1, 0.15) is 34.9 Å². The van der Waals surface area contributed by atoms with Gasteiger partial charge in [0, 0.05) is 16.3 Å². The summed E-state index contributed by atoms with van der Waals surface area (Å²) in [4.78, 5) is 1.35. The first-order chi connectivity index (χ1) is 8.22. The Morgan fingerprint density at radius 3 is 2.47 bits per heavy atom. The molecule has 1 unspecified atom stereocenters. The highest BCUT2D eigenvalue weighted by molar-refractivity contribution is 7.10. The molecule has 0 saturated heterocycles. The first-order valence-corrected chi connectivity index (χ1v) is 6.96. The average molecular weight is 243 g/mol. The van der Waals surface area contributed by atoms with Gasteiger partial charge >= 0.3 is 0 Å². The molecule has 1 aliphatic rings. The predicted molar refractivity (Wildman–Crippen MR) is 73.3 cm³/mol. The summed E-state index contributed by atoms with van der Waals surface area (Å²) in [5, 5.41) is 2.21. The zero-order chi connectivity index (χ0) is 11.9. The van der Waals surface area contributed by atoms with Crippen molar-refractivity contribution in [2.75, 3.05) is 0 Å². The Morgan fingerprint density at radius 2 is 1.94 bits per heavy atom. The molecular formula is C15H17NS. The first kappa shape index (κ1) is 11.0. The van der Waals surface area contributed by atoms with Gasteiger partial charge in [0.05, 0.1) is 0 Å². The van der Waals surface area contributed by atoms with Crippen LogP contribution >= 0.6 is 11.3 Å². The van der Waals surface area contributed by atoms with Crippen LogP contribution in [-0.4, -0.2) is 0 Å². The van der Waals surface area contributed by atoms with E-state index in [2.05, 4.69) is 48.7 Å². The van der Waals surface area contributed by atoms with Gasteiger partial charge in [-0.05, 0) is 42.3 Å². The second-order valence-corrected chi connectivity index (χ2v) is 6.11. The maximum Gasteiger partial charge on any atom is 0.0401 e. The third kappa shape index (κ3) is 1.81. The summed E-state index contributed by atoms with van der Waals surface area (Å²) in [6.07, 6.45) is 2.43. The summed E-state index contributed by atoms with van der Waals surface area (Å²) >= 11 is 1.79. The molecule has 1 aromatic carbocycles. The van der Waals surface area contributed by atoms with E-state index in [0.717, 1.165) is 0 Å². The van der Waals surface area contributed by atoms with Crippen molar-refractivity contribution in [3.8, 4) is 0 Å². The predicted octanol–water partition coefficient (Wildman–Crippen LogP) is 3.79. The highest BCUT2D eigenvalue weighted by Crippen LogP contribution is 2.55. The largest absolute Gasteiger partial charge is 0.323 e. The molecule has 2 heteroatoms. The van der Waals surface area contributed by atoms with Gasteiger partial charge in [-0.3, -0.25) is 0 Å². The molecule has 2 N–H and O–H groups in total. The minimum atomic E-state index is 0.148. The van der Waals surface area contributed by atoms with Crippen molar-refractivity contribution in [2.45, 2.75) is 31.2 Å². The van der Waals surface area contributed by atoms with Crippen molar-refractivity contribution >= 4 is 11.3 Å². The lowest BCUT2D eigenvalue weighted by molar-refractivity contribution is 0.543. The average Bonchev–Trinajstić information content (AvgIpc) is 3.07. The van der Waals surface area contributed by atoms with E-state index in [-0.39, 0.29) is 11.5 Å². The Balaban J connectivity index is 1.94. The molecule has 17 heavy (non-hydrogen) atoms. The summed E-state index contributed by atoms with van der Waals surface area (Å²) in [6, 6.07) is 13.1. The fourth-order valence-electron chi connectivity index (χ4n) is 2.63. The van der Waals surface area contributed by atoms with E-state index in [9.17, 15) is 0 Å². The van der Waals surface area contributed by atoms with Crippen LogP contribution in [0.15, 0.2) is 41.8 Å². The van der Waals surface area contributed by atoms with Crippen molar-refractivity contribution in [1.82, 2.24) is 0 Å². The van der Waals surface area contributed by atoms with Gasteiger partial charge in [0.15, 0.2) is 0 Å². The van der Waals surface area contributed by atoms with Crippen LogP contribution in [-0.2, 0) is 5.41 Å². The minimum Gasteiger partial charge on any atom is -0.323 e. The third-order valence-corrected chi connectivity index (χ3v) is 4.72. The van der Waals surface area contributed by atoms with E-state index in [1.54, 1.807) is 11.3 Å². The Morgan fingerprint density at radius 1 is 1.24 bits per heavy atom. The molecule has 1 saturated carbocycles. The highest BCUT2D eigenvalue weighted by atomic mass is 32.1. The Labute approximate surface area is 106 Å². The van der Waals surface area contributed by atoms with Gasteiger partial charge in [0.1, 0.15) is 0 Å². The second-order valence-electron chi connectivity index (χ2n) is 4.99. The molecule has 0 radical (unpaired) electrons. The summed E-state index contributed by atoms with van der Waals surface area (Å²) < 4.78 is 0. The molecular weight excluding hydrogens is 226 g/mol. The van der Waals surface area contributed by atoms with E-state index >= 15 is 0 Å². The maximum atomic E-state index is 6.49. The van der Waals surface area contributed by atoms with Gasteiger partial charge in [-0.25, -0.2) is 0 Å². The number of hydrogen-bond donors (Lipinski definition) is 1. The third-order valence-electron chi connectivity index (χ3n) is 3.84. The number of rotatable bonds is 3. The summed E-state index contributed by atoms with van der Waals surface area (Å²) in [5.74, 6) is 0. The summed E-state index contributed by atoms with van der Waals surface area (Å²) in [6.45, 7) is 2.14. The molecule has 0 spiro atoms. The lowest BCUT2D eigenvalue weighted by atomic mass is 9.85. The minimum absolute atomic E-state index is 0.148. The van der Waals surface area contributed by atoms with Crippen LogP contribution in [0.2, 0.25) is 0 Å². The van der Waals surface area contributed by atoms with Crippen LogP contribution in [0.4, 0.5) is 0 Å². The number of aryl methyl sites for hydroxylation is 1. The van der Waals surface area contributed by atoms with Crippen LogP contribution in [0.5, 0.6) is 0 Å². The zero-order valence-corrected chi connectivity index (χ0v) is 10.8. The lowest BCUT2D eigenvalue weighted by Gasteiger charge is -2.23. The van der Waals surface area contributed by atoms with Gasteiger partial charge in [-0.1, -0.05) is 30.3 Å². The normalized spacial score (nSPS) is 18.9. The van der Waals surface area contributed by atoms with Gasteiger partial charge in [-0.15, -0.1) is 11.3 Å². The Bertz CT molecular complexity index is 511. The Kier molecular flexibility index (Phi) is 2.57. The van der Waals surface area contributed by atoms with Gasteiger partial charge in [0.25, 0.3) is 0 Å². The quantitative estimate of drug-likeness (QED) is 0.872. The van der Waals surface area contributed by atoms with E-state index in [0.29, 0.717) is 0 Å². The van der Waals surface area contributed by atoms with Crippen molar-refractivity contribution in [1.29, 1.82) is 0 Å². The maximum absolute atomic E-state index is 6.49. The Hall–Kier alpha value is -1.12. The molecule has 0 bridgehead atoms. The molecule has 0 amide bonds. The molecule has 1 aliphatic carbocycles. The topological polar surface area (TPSA) is 26.0 Å². The highest BCUT2D eigenvalue weighted by Gasteiger charge is 2.49. The fourth-order valence-corrected chi connectivity index (χ4v) is 3.37. The van der Waals surface area contributed by atoms with E-state index in [1.165, 1.54) is 28.8 Å². The number of hydrogen-bond acceptors (Lipinski definition) is 2. The van der Waals surface area contributed by atoms with Crippen LogP contribution in [0, 0.1) is 6.92 Å². The molecule has 2 aromatic rings. The van der Waals surface area contributed by atoms with Crippen LogP contribution < -0.4 is 5.73 Å².